The van der Waals surface area contributed by atoms with Crippen LogP contribution in [-0.4, -0.2) is 5.91 Å². The first kappa shape index (κ1) is 14.0. The second-order valence-electron chi connectivity index (χ2n) is 3.91. The van der Waals surface area contributed by atoms with Crippen molar-refractivity contribution in [2.45, 2.75) is 5.88 Å². The van der Waals surface area contributed by atoms with Gasteiger partial charge in [0, 0.05) is 15.9 Å². The Morgan fingerprint density at radius 1 is 1.26 bits per heavy atom. The average Bonchev–Trinajstić information content (AvgIpc) is 2.42. The zero-order valence-electron chi connectivity index (χ0n) is 9.79. The largest absolute Gasteiger partial charge is 0.321 e. The topological polar surface area (TPSA) is 29.1 Å². The summed E-state index contributed by atoms with van der Waals surface area (Å²) < 4.78 is 13.4. The van der Waals surface area contributed by atoms with Crippen LogP contribution in [0.25, 0.3) is 0 Å². The van der Waals surface area contributed by atoms with E-state index in [0.29, 0.717) is 21.6 Å². The van der Waals surface area contributed by atoms with Gasteiger partial charge in [0.1, 0.15) is 5.82 Å². The molecule has 0 unspecified atom stereocenters. The van der Waals surface area contributed by atoms with Crippen molar-refractivity contribution < 1.29 is 9.18 Å². The average molecular weight is 343 g/mol. The Morgan fingerprint density at radius 2 is 2.05 bits per heavy atom. The van der Waals surface area contributed by atoms with Crippen molar-refractivity contribution in [1.82, 2.24) is 0 Å². The molecule has 19 heavy (non-hydrogen) atoms. The van der Waals surface area contributed by atoms with Crippen LogP contribution in [0.15, 0.2) is 46.9 Å². The van der Waals surface area contributed by atoms with Gasteiger partial charge in [-0.05, 0) is 51.8 Å². The van der Waals surface area contributed by atoms with Crippen molar-refractivity contribution >= 4 is 39.1 Å². The summed E-state index contributed by atoms with van der Waals surface area (Å²) in [6, 6.07) is 11.1. The first-order chi connectivity index (χ1) is 9.10. The second-order valence-corrected chi connectivity index (χ2v) is 5.03. The summed E-state index contributed by atoms with van der Waals surface area (Å²) in [5.41, 5.74) is 1.89. The van der Waals surface area contributed by atoms with E-state index < -0.39 is 0 Å². The maximum atomic E-state index is 12.9. The zero-order chi connectivity index (χ0) is 13.8. The van der Waals surface area contributed by atoms with Crippen LogP contribution >= 0.6 is 27.5 Å². The number of hydrogen-bond acceptors (Lipinski definition) is 1. The molecule has 1 amide bonds. The molecule has 0 aromatic heterocycles. The van der Waals surface area contributed by atoms with Gasteiger partial charge in [0.2, 0.25) is 0 Å². The van der Waals surface area contributed by atoms with Crippen molar-refractivity contribution in [1.29, 1.82) is 0 Å². The van der Waals surface area contributed by atoms with E-state index in [9.17, 15) is 9.18 Å². The quantitative estimate of drug-likeness (QED) is 0.813. The number of halogens is 3. The standard InChI is InChI=1S/C14H10BrClFNO/c15-12-7-11(17)4-5-13(12)18-14(19)10-3-1-2-9(6-10)8-16/h1-7H,8H2,(H,18,19). The fraction of sp³-hybridized carbons (Fsp3) is 0.0714. The third-order valence-corrected chi connectivity index (χ3v) is 3.49. The van der Waals surface area contributed by atoms with E-state index >= 15 is 0 Å². The predicted octanol–water partition coefficient (Wildman–Crippen LogP) is 4.58. The summed E-state index contributed by atoms with van der Waals surface area (Å²) >= 11 is 8.93. The number of hydrogen-bond donors (Lipinski definition) is 1. The predicted molar refractivity (Wildman–Crippen MR) is 78.1 cm³/mol. The molecular weight excluding hydrogens is 333 g/mol. The molecule has 5 heteroatoms. The first-order valence-electron chi connectivity index (χ1n) is 5.51. The highest BCUT2D eigenvalue weighted by Crippen LogP contribution is 2.23. The van der Waals surface area contributed by atoms with Gasteiger partial charge >= 0.3 is 0 Å². The van der Waals surface area contributed by atoms with E-state index in [4.69, 9.17) is 11.6 Å². The van der Waals surface area contributed by atoms with Gasteiger partial charge in [-0.25, -0.2) is 4.39 Å². The van der Waals surface area contributed by atoms with Crippen LogP contribution in [0, 0.1) is 5.82 Å². The molecule has 1 N–H and O–H groups in total. The molecule has 2 aromatic carbocycles. The summed E-state index contributed by atoms with van der Waals surface area (Å²) in [7, 11) is 0. The molecular formula is C14H10BrClFNO. The molecule has 2 rings (SSSR count). The maximum Gasteiger partial charge on any atom is 0.255 e. The van der Waals surface area contributed by atoms with Gasteiger partial charge in [-0.2, -0.15) is 0 Å². The first-order valence-corrected chi connectivity index (χ1v) is 6.84. The van der Waals surface area contributed by atoms with E-state index in [0.717, 1.165) is 5.56 Å². The van der Waals surface area contributed by atoms with Gasteiger partial charge in [-0.15, -0.1) is 11.6 Å². The number of benzene rings is 2. The van der Waals surface area contributed by atoms with Crippen LogP contribution in [0.3, 0.4) is 0 Å². The van der Waals surface area contributed by atoms with E-state index in [1.165, 1.54) is 18.2 Å². The molecule has 0 fully saturated rings. The molecule has 0 aliphatic rings. The number of alkyl halides is 1. The summed E-state index contributed by atoms with van der Waals surface area (Å²) in [6.45, 7) is 0. The molecule has 0 heterocycles. The molecule has 0 spiro atoms. The fourth-order valence-corrected chi connectivity index (χ4v) is 2.20. The molecule has 2 aromatic rings. The molecule has 0 radical (unpaired) electrons. The summed E-state index contributed by atoms with van der Waals surface area (Å²) in [5, 5.41) is 2.71. The van der Waals surface area contributed by atoms with Crippen molar-refractivity contribution in [3.05, 3.63) is 63.9 Å². The third kappa shape index (κ3) is 3.55. The zero-order valence-corrected chi connectivity index (χ0v) is 12.1. The number of rotatable bonds is 3. The Bertz CT molecular complexity index is 618. The Morgan fingerprint density at radius 3 is 2.74 bits per heavy atom. The number of amides is 1. The molecule has 0 aliphatic carbocycles. The Balaban J connectivity index is 2.20. The molecule has 98 valence electrons. The molecule has 2 nitrogen and oxygen atoms in total. The van der Waals surface area contributed by atoms with Gasteiger partial charge in [-0.1, -0.05) is 12.1 Å². The van der Waals surface area contributed by atoms with Gasteiger partial charge in [-0.3, -0.25) is 4.79 Å². The van der Waals surface area contributed by atoms with E-state index in [1.54, 1.807) is 18.2 Å². The van der Waals surface area contributed by atoms with Gasteiger partial charge in [0.05, 0.1) is 5.69 Å². The number of anilines is 1. The molecule has 0 saturated carbocycles. The summed E-state index contributed by atoms with van der Waals surface area (Å²) in [6.07, 6.45) is 0. The van der Waals surface area contributed by atoms with Crippen molar-refractivity contribution in [3.63, 3.8) is 0 Å². The Hall–Kier alpha value is -1.39. The third-order valence-electron chi connectivity index (χ3n) is 2.52. The lowest BCUT2D eigenvalue weighted by Crippen LogP contribution is -2.12. The lowest BCUT2D eigenvalue weighted by Gasteiger charge is -2.08. The van der Waals surface area contributed by atoms with E-state index in [2.05, 4.69) is 21.2 Å². The normalized spacial score (nSPS) is 10.3. The molecule has 0 saturated heterocycles. The minimum Gasteiger partial charge on any atom is -0.321 e. The van der Waals surface area contributed by atoms with Crippen LogP contribution in [0.2, 0.25) is 0 Å². The lowest BCUT2D eigenvalue weighted by atomic mass is 10.1. The van der Waals surface area contributed by atoms with Crippen LogP contribution in [0.4, 0.5) is 10.1 Å². The number of carbonyl (C=O) groups excluding carboxylic acids is 1. The van der Waals surface area contributed by atoms with E-state index in [1.807, 2.05) is 6.07 Å². The smallest absolute Gasteiger partial charge is 0.255 e. The lowest BCUT2D eigenvalue weighted by molar-refractivity contribution is 0.102. The Labute approximate surface area is 123 Å². The molecule has 0 bridgehead atoms. The molecule has 0 aliphatic heterocycles. The second kappa shape index (κ2) is 6.17. The van der Waals surface area contributed by atoms with Crippen molar-refractivity contribution in [2.24, 2.45) is 0 Å². The highest BCUT2D eigenvalue weighted by molar-refractivity contribution is 9.10. The fourth-order valence-electron chi connectivity index (χ4n) is 1.58. The van der Waals surface area contributed by atoms with Gasteiger partial charge in [0.15, 0.2) is 0 Å². The highest BCUT2D eigenvalue weighted by Gasteiger charge is 2.09. The van der Waals surface area contributed by atoms with Crippen LogP contribution in [-0.2, 0) is 5.88 Å². The van der Waals surface area contributed by atoms with Gasteiger partial charge in [0.25, 0.3) is 5.91 Å². The minimum absolute atomic E-state index is 0.265. The minimum atomic E-state index is -0.367. The molecule has 0 atom stereocenters. The number of carbonyl (C=O) groups is 1. The van der Waals surface area contributed by atoms with Crippen LogP contribution in [0.5, 0.6) is 0 Å². The monoisotopic (exact) mass is 341 g/mol. The Kier molecular flexibility index (Phi) is 4.56. The van der Waals surface area contributed by atoms with Gasteiger partial charge < -0.3 is 5.32 Å². The maximum absolute atomic E-state index is 12.9. The summed E-state index contributed by atoms with van der Waals surface area (Å²) in [5.74, 6) is -0.283. The SMILES string of the molecule is O=C(Nc1ccc(F)cc1Br)c1cccc(CCl)c1. The van der Waals surface area contributed by atoms with E-state index in [-0.39, 0.29) is 11.7 Å². The van der Waals surface area contributed by atoms with Crippen molar-refractivity contribution in [3.8, 4) is 0 Å². The van der Waals surface area contributed by atoms with Crippen LogP contribution in [0.1, 0.15) is 15.9 Å². The van der Waals surface area contributed by atoms with Crippen LogP contribution < -0.4 is 5.32 Å². The highest BCUT2D eigenvalue weighted by atomic mass is 79.9. The van der Waals surface area contributed by atoms with Crippen molar-refractivity contribution in [2.75, 3.05) is 5.32 Å². The number of nitrogens with one attached hydrogen (secondary N) is 1. The summed E-state index contributed by atoms with van der Waals surface area (Å²) in [4.78, 5) is 12.1.